The summed E-state index contributed by atoms with van der Waals surface area (Å²) in [4.78, 5) is 14.4. The third-order valence-electron chi connectivity index (χ3n) is 3.26. The number of ether oxygens (including phenoxy) is 2. The number of methoxy groups -OCH3 is 2. The van der Waals surface area contributed by atoms with Gasteiger partial charge in [0.1, 0.15) is 11.5 Å². The van der Waals surface area contributed by atoms with Gasteiger partial charge in [0.15, 0.2) is 0 Å². The van der Waals surface area contributed by atoms with Crippen molar-refractivity contribution in [2.75, 3.05) is 40.4 Å². The highest BCUT2D eigenvalue weighted by Crippen LogP contribution is 2.25. The van der Waals surface area contributed by atoms with E-state index < -0.39 is 0 Å². The number of nitrogens with one attached hydrogen (secondary N) is 1. The number of carbonyl (C=O) groups is 1. The molecule has 0 aromatic heterocycles. The fraction of sp³-hybridized carbons (Fsp3) is 0.500. The molecule has 5 heteroatoms. The summed E-state index contributed by atoms with van der Waals surface area (Å²) < 4.78 is 10.4. The van der Waals surface area contributed by atoms with Crippen molar-refractivity contribution in [3.05, 3.63) is 23.8 Å². The minimum atomic E-state index is -0.000509. The Hall–Kier alpha value is -1.75. The van der Waals surface area contributed by atoms with E-state index in [2.05, 4.69) is 5.32 Å². The van der Waals surface area contributed by atoms with Crippen molar-refractivity contribution >= 4 is 5.91 Å². The Labute approximate surface area is 113 Å². The zero-order valence-corrected chi connectivity index (χ0v) is 11.4. The first-order valence-electron chi connectivity index (χ1n) is 6.48. The summed E-state index contributed by atoms with van der Waals surface area (Å²) in [6, 6.07) is 5.29. The van der Waals surface area contributed by atoms with Crippen LogP contribution in [0.1, 0.15) is 16.8 Å². The van der Waals surface area contributed by atoms with Gasteiger partial charge in [0, 0.05) is 19.6 Å². The topological polar surface area (TPSA) is 50.8 Å². The Morgan fingerprint density at radius 2 is 2.05 bits per heavy atom. The van der Waals surface area contributed by atoms with Crippen molar-refractivity contribution in [3.63, 3.8) is 0 Å². The highest BCUT2D eigenvalue weighted by molar-refractivity contribution is 5.97. The Morgan fingerprint density at radius 1 is 1.21 bits per heavy atom. The van der Waals surface area contributed by atoms with E-state index >= 15 is 0 Å². The first-order valence-corrected chi connectivity index (χ1v) is 6.48. The highest BCUT2D eigenvalue weighted by atomic mass is 16.5. The molecule has 0 unspecified atom stereocenters. The lowest BCUT2D eigenvalue weighted by Crippen LogP contribution is -2.34. The van der Waals surface area contributed by atoms with Crippen LogP contribution in [0.25, 0.3) is 0 Å². The molecule has 1 fully saturated rings. The average Bonchev–Trinajstić information content (AvgIpc) is 2.74. The van der Waals surface area contributed by atoms with Gasteiger partial charge in [0.05, 0.1) is 19.8 Å². The average molecular weight is 264 g/mol. The molecule has 2 rings (SSSR count). The lowest BCUT2D eigenvalue weighted by Gasteiger charge is -2.21. The van der Waals surface area contributed by atoms with Gasteiger partial charge < -0.3 is 19.7 Å². The molecule has 1 saturated heterocycles. The minimum absolute atomic E-state index is 0.000509. The molecule has 1 N–H and O–H groups in total. The van der Waals surface area contributed by atoms with E-state index in [0.717, 1.165) is 32.6 Å². The van der Waals surface area contributed by atoms with Gasteiger partial charge in [0.2, 0.25) is 0 Å². The summed E-state index contributed by atoms with van der Waals surface area (Å²) in [6.45, 7) is 3.28. The quantitative estimate of drug-likeness (QED) is 0.889. The number of rotatable bonds is 3. The van der Waals surface area contributed by atoms with Crippen LogP contribution in [0, 0.1) is 0 Å². The van der Waals surface area contributed by atoms with Crippen LogP contribution < -0.4 is 14.8 Å². The number of amides is 1. The smallest absolute Gasteiger partial charge is 0.257 e. The van der Waals surface area contributed by atoms with E-state index in [-0.39, 0.29) is 5.91 Å². The molecule has 5 nitrogen and oxygen atoms in total. The van der Waals surface area contributed by atoms with E-state index in [0.29, 0.717) is 17.1 Å². The summed E-state index contributed by atoms with van der Waals surface area (Å²) in [5.41, 5.74) is 0.559. The maximum atomic E-state index is 12.6. The van der Waals surface area contributed by atoms with E-state index in [9.17, 15) is 4.79 Å². The van der Waals surface area contributed by atoms with Gasteiger partial charge in [-0.3, -0.25) is 4.79 Å². The molecule has 0 radical (unpaired) electrons. The van der Waals surface area contributed by atoms with Gasteiger partial charge in [-0.05, 0) is 31.2 Å². The first kappa shape index (κ1) is 13.7. The zero-order chi connectivity index (χ0) is 13.7. The standard InChI is InChI=1S/C14H20N2O3/c1-18-11-4-5-13(19-2)12(10-11)14(17)16-8-3-6-15-7-9-16/h4-5,10,15H,3,6-9H2,1-2H3. The largest absolute Gasteiger partial charge is 0.497 e. The third kappa shape index (κ3) is 3.17. The van der Waals surface area contributed by atoms with Gasteiger partial charge in [-0.15, -0.1) is 0 Å². The minimum Gasteiger partial charge on any atom is -0.497 e. The highest BCUT2D eigenvalue weighted by Gasteiger charge is 2.21. The van der Waals surface area contributed by atoms with Crippen molar-refractivity contribution in [3.8, 4) is 11.5 Å². The van der Waals surface area contributed by atoms with Crippen molar-refractivity contribution in [1.29, 1.82) is 0 Å². The van der Waals surface area contributed by atoms with E-state index in [1.165, 1.54) is 0 Å². The Balaban J connectivity index is 2.25. The number of benzene rings is 1. The molecule has 0 aliphatic carbocycles. The lowest BCUT2D eigenvalue weighted by atomic mass is 10.1. The molecule has 1 aliphatic heterocycles. The molecule has 0 saturated carbocycles. The van der Waals surface area contributed by atoms with Gasteiger partial charge in [-0.25, -0.2) is 0 Å². The van der Waals surface area contributed by atoms with Crippen LogP contribution in [0.5, 0.6) is 11.5 Å². The SMILES string of the molecule is COc1ccc(OC)c(C(=O)N2CCCNCC2)c1. The fourth-order valence-corrected chi connectivity index (χ4v) is 2.20. The Morgan fingerprint density at radius 3 is 2.79 bits per heavy atom. The van der Waals surface area contributed by atoms with Crippen LogP contribution in [-0.2, 0) is 0 Å². The van der Waals surface area contributed by atoms with Crippen LogP contribution in [0.3, 0.4) is 0 Å². The fourth-order valence-electron chi connectivity index (χ4n) is 2.20. The number of hydrogen-bond acceptors (Lipinski definition) is 4. The van der Waals surface area contributed by atoms with Gasteiger partial charge in [-0.2, -0.15) is 0 Å². The van der Waals surface area contributed by atoms with E-state index in [4.69, 9.17) is 9.47 Å². The van der Waals surface area contributed by atoms with Gasteiger partial charge in [-0.1, -0.05) is 0 Å². The molecule has 1 heterocycles. The molecule has 19 heavy (non-hydrogen) atoms. The Kier molecular flexibility index (Phi) is 4.63. The molecule has 1 aromatic carbocycles. The predicted octanol–water partition coefficient (Wildman–Crippen LogP) is 1.14. The molecular weight excluding hydrogens is 244 g/mol. The molecule has 1 aliphatic rings. The summed E-state index contributed by atoms with van der Waals surface area (Å²) in [6.07, 6.45) is 0.970. The van der Waals surface area contributed by atoms with Crippen LogP contribution in [0.15, 0.2) is 18.2 Å². The zero-order valence-electron chi connectivity index (χ0n) is 11.4. The maximum absolute atomic E-state index is 12.6. The summed E-state index contributed by atoms with van der Waals surface area (Å²) in [7, 11) is 3.16. The number of hydrogen-bond donors (Lipinski definition) is 1. The maximum Gasteiger partial charge on any atom is 0.257 e. The van der Waals surface area contributed by atoms with E-state index in [1.807, 2.05) is 4.90 Å². The molecular formula is C14H20N2O3. The summed E-state index contributed by atoms with van der Waals surface area (Å²) >= 11 is 0. The molecule has 104 valence electrons. The second-order valence-electron chi connectivity index (χ2n) is 4.46. The third-order valence-corrected chi connectivity index (χ3v) is 3.26. The van der Waals surface area contributed by atoms with Crippen LogP contribution >= 0.6 is 0 Å². The van der Waals surface area contributed by atoms with Crippen molar-refractivity contribution in [2.45, 2.75) is 6.42 Å². The van der Waals surface area contributed by atoms with Gasteiger partial charge >= 0.3 is 0 Å². The predicted molar refractivity (Wildman–Crippen MR) is 72.9 cm³/mol. The lowest BCUT2D eigenvalue weighted by molar-refractivity contribution is 0.0762. The van der Waals surface area contributed by atoms with E-state index in [1.54, 1.807) is 32.4 Å². The van der Waals surface area contributed by atoms with Crippen LogP contribution in [0.2, 0.25) is 0 Å². The summed E-state index contributed by atoms with van der Waals surface area (Å²) in [5.74, 6) is 1.25. The van der Waals surface area contributed by atoms with Crippen molar-refractivity contribution in [2.24, 2.45) is 0 Å². The molecule has 1 amide bonds. The molecule has 0 bridgehead atoms. The van der Waals surface area contributed by atoms with Crippen molar-refractivity contribution < 1.29 is 14.3 Å². The Bertz CT molecular complexity index is 440. The monoisotopic (exact) mass is 264 g/mol. The van der Waals surface area contributed by atoms with Gasteiger partial charge in [0.25, 0.3) is 5.91 Å². The molecule has 1 aromatic rings. The van der Waals surface area contributed by atoms with Crippen molar-refractivity contribution in [1.82, 2.24) is 10.2 Å². The van der Waals surface area contributed by atoms with Crippen LogP contribution in [0.4, 0.5) is 0 Å². The molecule has 0 atom stereocenters. The second-order valence-corrected chi connectivity index (χ2v) is 4.46. The summed E-state index contributed by atoms with van der Waals surface area (Å²) in [5, 5.41) is 3.28. The second kappa shape index (κ2) is 6.43. The number of nitrogens with zero attached hydrogens (tertiary/aromatic N) is 1. The van der Waals surface area contributed by atoms with Crippen LogP contribution in [-0.4, -0.2) is 51.2 Å². The first-order chi connectivity index (χ1) is 9.26. The normalized spacial score (nSPS) is 15.8. The molecule has 0 spiro atoms. The number of carbonyl (C=O) groups excluding carboxylic acids is 1.